The lowest BCUT2D eigenvalue weighted by Crippen LogP contribution is -2.31. The van der Waals surface area contributed by atoms with Gasteiger partial charge in [0.1, 0.15) is 5.75 Å². The molecule has 0 radical (unpaired) electrons. The summed E-state index contributed by atoms with van der Waals surface area (Å²) >= 11 is 0. The number of aliphatic carboxylic acids is 1. The van der Waals surface area contributed by atoms with Gasteiger partial charge in [-0.3, -0.25) is 0 Å². The number of hydrogen-bond acceptors (Lipinski definition) is 3. The molecule has 0 aliphatic rings. The van der Waals surface area contributed by atoms with E-state index in [0.717, 1.165) is 6.42 Å². The quantitative estimate of drug-likeness (QED) is 0.825. The van der Waals surface area contributed by atoms with Crippen molar-refractivity contribution in [2.45, 2.75) is 13.3 Å². The third kappa shape index (κ3) is 5.29. The van der Waals surface area contributed by atoms with Gasteiger partial charge in [0.25, 0.3) is 0 Å². The van der Waals surface area contributed by atoms with Gasteiger partial charge in [-0.25, -0.2) is 9.59 Å². The molecule has 0 aliphatic carbocycles. The van der Waals surface area contributed by atoms with E-state index in [1.54, 1.807) is 36.2 Å². The van der Waals surface area contributed by atoms with Gasteiger partial charge in [0, 0.05) is 19.3 Å². The number of carbonyl (C=O) groups excluding carboxylic acids is 1. The van der Waals surface area contributed by atoms with Gasteiger partial charge in [-0.1, -0.05) is 6.92 Å². The number of rotatable bonds is 6. The Morgan fingerprint density at radius 2 is 1.95 bits per heavy atom. The maximum atomic E-state index is 11.7. The smallest absolute Gasteiger partial charge is 0.341 e. The first kappa shape index (κ1) is 14.8. The molecular weight excluding hydrogens is 248 g/mol. The molecule has 0 aliphatic heterocycles. The maximum absolute atomic E-state index is 11.7. The standard InChI is InChI=1S/C13H18N2O4/c1-3-8-15(2)13(18)14-10-4-6-11(7-5-10)19-9-12(16)17/h4-7H,3,8-9H2,1-2H3,(H,14,18)(H,16,17). The van der Waals surface area contributed by atoms with E-state index >= 15 is 0 Å². The summed E-state index contributed by atoms with van der Waals surface area (Å²) in [5, 5.41) is 11.2. The Kier molecular flexibility index (Phi) is 5.66. The van der Waals surface area contributed by atoms with E-state index in [4.69, 9.17) is 9.84 Å². The number of carbonyl (C=O) groups is 2. The van der Waals surface area contributed by atoms with E-state index in [0.29, 0.717) is 18.0 Å². The van der Waals surface area contributed by atoms with Crippen molar-refractivity contribution >= 4 is 17.7 Å². The molecule has 0 unspecified atom stereocenters. The maximum Gasteiger partial charge on any atom is 0.341 e. The van der Waals surface area contributed by atoms with E-state index in [-0.39, 0.29) is 12.6 Å². The Balaban J connectivity index is 2.52. The van der Waals surface area contributed by atoms with Crippen LogP contribution >= 0.6 is 0 Å². The molecule has 0 fully saturated rings. The van der Waals surface area contributed by atoms with Crippen molar-refractivity contribution in [3.05, 3.63) is 24.3 Å². The van der Waals surface area contributed by atoms with E-state index in [1.165, 1.54) is 0 Å². The minimum Gasteiger partial charge on any atom is -0.482 e. The minimum atomic E-state index is -1.03. The third-order valence-electron chi connectivity index (χ3n) is 2.37. The number of anilines is 1. The van der Waals surface area contributed by atoms with Gasteiger partial charge >= 0.3 is 12.0 Å². The summed E-state index contributed by atoms with van der Waals surface area (Å²) in [6, 6.07) is 6.36. The number of carboxylic acid groups (broad SMARTS) is 1. The van der Waals surface area contributed by atoms with Crippen LogP contribution in [0.2, 0.25) is 0 Å². The molecule has 0 saturated heterocycles. The van der Waals surface area contributed by atoms with Gasteiger partial charge in [0.15, 0.2) is 6.61 Å². The summed E-state index contributed by atoms with van der Waals surface area (Å²) in [4.78, 5) is 23.6. The zero-order valence-electron chi connectivity index (χ0n) is 11.0. The van der Waals surface area contributed by atoms with Gasteiger partial charge in [0.2, 0.25) is 0 Å². The monoisotopic (exact) mass is 266 g/mol. The number of amides is 2. The lowest BCUT2D eigenvalue weighted by molar-refractivity contribution is -0.139. The van der Waals surface area contributed by atoms with Crippen LogP contribution in [0.5, 0.6) is 5.75 Å². The highest BCUT2D eigenvalue weighted by Crippen LogP contribution is 2.15. The second-order valence-corrected chi connectivity index (χ2v) is 4.06. The molecule has 1 aromatic rings. The van der Waals surface area contributed by atoms with Crippen molar-refractivity contribution in [2.75, 3.05) is 25.5 Å². The first-order valence-corrected chi connectivity index (χ1v) is 5.99. The zero-order chi connectivity index (χ0) is 14.3. The zero-order valence-corrected chi connectivity index (χ0v) is 11.0. The average molecular weight is 266 g/mol. The summed E-state index contributed by atoms with van der Waals surface area (Å²) in [6.45, 7) is 2.30. The summed E-state index contributed by atoms with van der Waals surface area (Å²) in [7, 11) is 1.73. The molecule has 6 nitrogen and oxygen atoms in total. The molecule has 0 aromatic heterocycles. The largest absolute Gasteiger partial charge is 0.482 e. The topological polar surface area (TPSA) is 78.9 Å². The highest BCUT2D eigenvalue weighted by molar-refractivity contribution is 5.89. The van der Waals surface area contributed by atoms with Gasteiger partial charge < -0.3 is 20.1 Å². The summed E-state index contributed by atoms with van der Waals surface area (Å²) in [5.41, 5.74) is 0.635. The van der Waals surface area contributed by atoms with E-state index in [9.17, 15) is 9.59 Å². The lowest BCUT2D eigenvalue weighted by Gasteiger charge is -2.17. The van der Waals surface area contributed by atoms with Crippen molar-refractivity contribution in [2.24, 2.45) is 0 Å². The number of benzene rings is 1. The van der Waals surface area contributed by atoms with Gasteiger partial charge in [-0.05, 0) is 30.7 Å². The number of nitrogens with one attached hydrogen (secondary N) is 1. The Hall–Kier alpha value is -2.24. The molecule has 0 saturated carbocycles. The lowest BCUT2D eigenvalue weighted by atomic mass is 10.3. The van der Waals surface area contributed by atoms with Crippen molar-refractivity contribution in [1.29, 1.82) is 0 Å². The van der Waals surface area contributed by atoms with E-state index in [1.807, 2.05) is 6.92 Å². The number of nitrogens with zero attached hydrogens (tertiary/aromatic N) is 1. The molecule has 104 valence electrons. The molecule has 0 bridgehead atoms. The number of urea groups is 1. The van der Waals surface area contributed by atoms with E-state index < -0.39 is 5.97 Å². The SMILES string of the molecule is CCCN(C)C(=O)Nc1ccc(OCC(=O)O)cc1. The fourth-order valence-corrected chi connectivity index (χ4v) is 1.44. The Morgan fingerprint density at radius 3 is 2.47 bits per heavy atom. The van der Waals surface area contributed by atoms with Crippen LogP contribution in [-0.2, 0) is 4.79 Å². The number of hydrogen-bond donors (Lipinski definition) is 2. The first-order valence-electron chi connectivity index (χ1n) is 5.99. The van der Waals surface area contributed by atoms with Crippen LogP contribution in [0.1, 0.15) is 13.3 Å². The molecule has 0 heterocycles. The van der Waals surface area contributed by atoms with Crippen LogP contribution in [0.15, 0.2) is 24.3 Å². The second kappa shape index (κ2) is 7.25. The highest BCUT2D eigenvalue weighted by atomic mass is 16.5. The van der Waals surface area contributed by atoms with Gasteiger partial charge in [0.05, 0.1) is 0 Å². The minimum absolute atomic E-state index is 0.180. The summed E-state index contributed by atoms with van der Waals surface area (Å²) in [6.07, 6.45) is 0.895. The summed E-state index contributed by atoms with van der Waals surface area (Å²) < 4.78 is 4.99. The highest BCUT2D eigenvalue weighted by Gasteiger charge is 2.07. The van der Waals surface area contributed by atoms with Crippen molar-refractivity contribution in [3.8, 4) is 5.75 Å². The number of ether oxygens (including phenoxy) is 1. The fourth-order valence-electron chi connectivity index (χ4n) is 1.44. The van der Waals surface area contributed by atoms with Crippen molar-refractivity contribution in [1.82, 2.24) is 4.90 Å². The Labute approximate surface area is 112 Å². The molecule has 2 N–H and O–H groups in total. The van der Waals surface area contributed by atoms with Crippen molar-refractivity contribution in [3.63, 3.8) is 0 Å². The molecule has 2 amide bonds. The molecule has 1 rings (SSSR count). The van der Waals surface area contributed by atoms with Crippen LogP contribution in [0.3, 0.4) is 0 Å². The predicted molar refractivity (Wildman–Crippen MR) is 71.5 cm³/mol. The predicted octanol–water partition coefficient (Wildman–Crippen LogP) is 2.02. The van der Waals surface area contributed by atoms with Crippen LogP contribution < -0.4 is 10.1 Å². The second-order valence-electron chi connectivity index (χ2n) is 4.06. The third-order valence-corrected chi connectivity index (χ3v) is 2.37. The Morgan fingerprint density at radius 1 is 1.32 bits per heavy atom. The van der Waals surface area contributed by atoms with Crippen LogP contribution in [0, 0.1) is 0 Å². The molecule has 19 heavy (non-hydrogen) atoms. The number of carboxylic acids is 1. The normalized spacial score (nSPS) is 9.79. The molecule has 6 heteroatoms. The van der Waals surface area contributed by atoms with Gasteiger partial charge in [-0.2, -0.15) is 0 Å². The average Bonchev–Trinajstić information content (AvgIpc) is 2.38. The molecule has 0 atom stereocenters. The van der Waals surface area contributed by atoms with Crippen molar-refractivity contribution < 1.29 is 19.4 Å². The Bertz CT molecular complexity index is 431. The molecule has 0 spiro atoms. The van der Waals surface area contributed by atoms with Crippen LogP contribution in [-0.4, -0.2) is 42.2 Å². The molecule has 1 aromatic carbocycles. The molecular formula is C13H18N2O4. The fraction of sp³-hybridized carbons (Fsp3) is 0.385. The van der Waals surface area contributed by atoms with Crippen LogP contribution in [0.4, 0.5) is 10.5 Å². The summed E-state index contributed by atoms with van der Waals surface area (Å²) in [5.74, 6) is -0.583. The van der Waals surface area contributed by atoms with Crippen LogP contribution in [0.25, 0.3) is 0 Å². The van der Waals surface area contributed by atoms with E-state index in [2.05, 4.69) is 5.32 Å². The van der Waals surface area contributed by atoms with Gasteiger partial charge in [-0.15, -0.1) is 0 Å². The first-order chi connectivity index (χ1) is 9.02.